The van der Waals surface area contributed by atoms with Crippen molar-refractivity contribution in [3.63, 3.8) is 0 Å². The molecule has 2 aromatic carbocycles. The Balaban J connectivity index is 0.859. The number of ether oxygens (including phenoxy) is 1. The van der Waals surface area contributed by atoms with Crippen LogP contribution in [-0.4, -0.2) is 88.5 Å². The number of nitrogens with one attached hydrogen (secondary N) is 2. The van der Waals surface area contributed by atoms with Crippen molar-refractivity contribution < 1.29 is 41.5 Å². The summed E-state index contributed by atoms with van der Waals surface area (Å²) in [5.41, 5.74) is -0.0282. The maximum Gasteiger partial charge on any atom is 0.433 e. The summed E-state index contributed by atoms with van der Waals surface area (Å²) in [6.45, 7) is 3.18. The molecule has 4 aromatic rings. The first-order chi connectivity index (χ1) is 27.7. The monoisotopic (exact) mass is 805 g/mol. The molecule has 0 spiro atoms. The fourth-order valence-electron chi connectivity index (χ4n) is 8.50. The molecule has 3 fully saturated rings. The van der Waals surface area contributed by atoms with Crippen LogP contribution in [0.3, 0.4) is 0 Å². The van der Waals surface area contributed by atoms with Crippen molar-refractivity contribution in [2.24, 2.45) is 11.8 Å². The number of carbonyl (C=O) groups excluding carboxylic acids is 4. The number of benzene rings is 2. The first kappa shape index (κ1) is 40.8. The van der Waals surface area contributed by atoms with Gasteiger partial charge < -0.3 is 19.9 Å². The summed E-state index contributed by atoms with van der Waals surface area (Å²) in [5, 5.41) is 10.5. The minimum atomic E-state index is -4.67. The normalized spacial score (nSPS) is 20.7. The molecule has 2 N–H and O–H groups in total. The third-order valence-electron chi connectivity index (χ3n) is 11.8. The van der Waals surface area contributed by atoms with Crippen LogP contribution in [0.25, 0.3) is 10.9 Å². The Labute approximate surface area is 333 Å². The van der Waals surface area contributed by atoms with Crippen LogP contribution in [0.2, 0.25) is 0 Å². The largest absolute Gasteiger partial charge is 0.494 e. The van der Waals surface area contributed by atoms with Crippen LogP contribution in [0.15, 0.2) is 54.7 Å². The number of imide groups is 1. The van der Waals surface area contributed by atoms with Crippen LogP contribution in [0.4, 0.5) is 23.2 Å². The number of methoxy groups -OCH3 is 1. The van der Waals surface area contributed by atoms with E-state index in [2.05, 4.69) is 27.6 Å². The summed E-state index contributed by atoms with van der Waals surface area (Å²) in [6, 6.07) is 11.0. The molecule has 16 heteroatoms. The van der Waals surface area contributed by atoms with Gasteiger partial charge in [-0.15, -0.1) is 0 Å². The van der Waals surface area contributed by atoms with E-state index >= 15 is 0 Å². The molecule has 4 amide bonds. The SMILES string of the molecule is COc1cc2nn(C3CCC(CN(C)CCC4CCN(C(=O)c5ccc(F)c(C6CCC(=O)NC6=O)c5)CC4)CC3)cc2cc1NC(=O)c1cccc(C(F)(F)F)n1. The van der Waals surface area contributed by atoms with E-state index < -0.39 is 35.4 Å². The molecule has 58 heavy (non-hydrogen) atoms. The lowest BCUT2D eigenvalue weighted by atomic mass is 9.85. The molecule has 12 nitrogen and oxygen atoms in total. The number of alkyl halides is 3. The third-order valence-corrected chi connectivity index (χ3v) is 11.8. The summed E-state index contributed by atoms with van der Waals surface area (Å²) in [7, 11) is 3.60. The van der Waals surface area contributed by atoms with Crippen molar-refractivity contribution in [1.82, 2.24) is 29.9 Å². The van der Waals surface area contributed by atoms with E-state index in [4.69, 9.17) is 9.84 Å². The van der Waals surface area contributed by atoms with Gasteiger partial charge in [0.25, 0.3) is 11.8 Å². The quantitative estimate of drug-likeness (QED) is 0.122. The second-order valence-electron chi connectivity index (χ2n) is 15.8. The highest BCUT2D eigenvalue weighted by atomic mass is 19.4. The van der Waals surface area contributed by atoms with Crippen molar-refractivity contribution in [3.8, 4) is 5.75 Å². The van der Waals surface area contributed by atoms with Crippen LogP contribution < -0.4 is 15.4 Å². The fourth-order valence-corrected chi connectivity index (χ4v) is 8.50. The van der Waals surface area contributed by atoms with Crippen molar-refractivity contribution in [1.29, 1.82) is 0 Å². The average Bonchev–Trinajstić information content (AvgIpc) is 3.63. The first-order valence-corrected chi connectivity index (χ1v) is 19.8. The lowest BCUT2D eigenvalue weighted by molar-refractivity contribution is -0.141. The molecule has 1 saturated carbocycles. The number of carbonyl (C=O) groups is 4. The molecule has 1 unspecified atom stereocenters. The van der Waals surface area contributed by atoms with Gasteiger partial charge in [-0.05, 0) is 113 Å². The average molecular weight is 806 g/mol. The lowest BCUT2D eigenvalue weighted by Gasteiger charge is -2.34. The molecule has 2 aliphatic heterocycles. The van der Waals surface area contributed by atoms with E-state index in [-0.39, 0.29) is 42.0 Å². The topological polar surface area (TPSA) is 139 Å². The van der Waals surface area contributed by atoms with E-state index in [9.17, 15) is 36.7 Å². The van der Waals surface area contributed by atoms with Gasteiger partial charge in [0.15, 0.2) is 0 Å². The lowest BCUT2D eigenvalue weighted by Crippen LogP contribution is -2.40. The van der Waals surface area contributed by atoms with Crippen molar-refractivity contribution in [2.75, 3.05) is 45.7 Å². The second-order valence-corrected chi connectivity index (χ2v) is 15.8. The van der Waals surface area contributed by atoms with Gasteiger partial charge in [0, 0.05) is 54.8 Å². The van der Waals surface area contributed by atoms with Crippen LogP contribution in [0.5, 0.6) is 5.75 Å². The molecule has 3 aliphatic rings. The molecule has 2 aromatic heterocycles. The first-order valence-electron chi connectivity index (χ1n) is 19.8. The van der Waals surface area contributed by atoms with Gasteiger partial charge >= 0.3 is 6.18 Å². The number of likely N-dealkylation sites (tertiary alicyclic amines) is 1. The number of hydrogen-bond donors (Lipinski definition) is 2. The van der Waals surface area contributed by atoms with E-state index in [1.807, 2.05) is 10.9 Å². The van der Waals surface area contributed by atoms with Crippen LogP contribution in [0, 0.1) is 17.7 Å². The number of anilines is 1. The Morgan fingerprint density at radius 2 is 1.74 bits per heavy atom. The Morgan fingerprint density at radius 3 is 2.45 bits per heavy atom. The highest BCUT2D eigenvalue weighted by Gasteiger charge is 2.34. The predicted molar refractivity (Wildman–Crippen MR) is 207 cm³/mol. The predicted octanol–water partition coefficient (Wildman–Crippen LogP) is 6.98. The van der Waals surface area contributed by atoms with Gasteiger partial charge in [0.1, 0.15) is 23.0 Å². The zero-order valence-electron chi connectivity index (χ0n) is 32.5. The summed E-state index contributed by atoms with van der Waals surface area (Å²) >= 11 is 0. The number of halogens is 4. The smallest absolute Gasteiger partial charge is 0.433 e. The van der Waals surface area contributed by atoms with E-state index in [1.54, 1.807) is 17.0 Å². The highest BCUT2D eigenvalue weighted by molar-refractivity contribution is 6.05. The van der Waals surface area contributed by atoms with Crippen molar-refractivity contribution >= 4 is 40.2 Å². The van der Waals surface area contributed by atoms with E-state index in [0.717, 1.165) is 75.6 Å². The number of aromatic nitrogens is 3. The summed E-state index contributed by atoms with van der Waals surface area (Å²) in [4.78, 5) is 57.9. The van der Waals surface area contributed by atoms with E-state index in [0.29, 0.717) is 47.4 Å². The summed E-state index contributed by atoms with van der Waals surface area (Å²) in [5.74, 6) is -1.85. The molecule has 0 radical (unpaired) electrons. The number of pyridine rings is 1. The van der Waals surface area contributed by atoms with E-state index in [1.165, 1.54) is 31.4 Å². The number of piperidine rings is 2. The van der Waals surface area contributed by atoms with Gasteiger partial charge in [-0.25, -0.2) is 9.37 Å². The maximum absolute atomic E-state index is 14.7. The minimum absolute atomic E-state index is 0.132. The molecule has 7 rings (SSSR count). The number of fused-ring (bicyclic) bond motifs is 1. The molecular weight excluding hydrogens is 758 g/mol. The zero-order valence-corrected chi connectivity index (χ0v) is 32.5. The Bertz CT molecular complexity index is 2180. The number of amides is 4. The molecule has 4 heterocycles. The molecular formula is C42H47F4N7O5. The van der Waals surface area contributed by atoms with Gasteiger partial charge in [-0.3, -0.25) is 29.2 Å². The number of rotatable bonds is 11. The Morgan fingerprint density at radius 1 is 0.983 bits per heavy atom. The fraction of sp³-hybridized carbons (Fsp3) is 0.476. The third kappa shape index (κ3) is 9.32. The number of hydrogen-bond acceptors (Lipinski definition) is 8. The van der Waals surface area contributed by atoms with Crippen molar-refractivity contribution in [2.45, 2.75) is 75.9 Å². The van der Waals surface area contributed by atoms with Crippen LogP contribution in [-0.2, 0) is 15.8 Å². The second kappa shape index (κ2) is 17.2. The van der Waals surface area contributed by atoms with Gasteiger partial charge in [-0.1, -0.05) is 6.07 Å². The molecule has 0 bridgehead atoms. The van der Waals surface area contributed by atoms with Gasteiger partial charge in [-0.2, -0.15) is 18.3 Å². The highest BCUT2D eigenvalue weighted by Crippen LogP contribution is 2.36. The maximum atomic E-state index is 14.7. The standard InChI is InChI=1S/C42H47F4N7O5/c1-51(17-14-25-15-18-52(19-16-25)41(57)27-8-12-32(43)31(20-27)30-11-13-38(54)49-39(30)55)23-26-6-9-29(10-7-26)53-24-28-21-35(36(58-2)22-34(28)50-53)48-40(56)33-4-3-5-37(47-33)42(44,45)46/h3-5,8,12,20-22,24-26,29-30H,6-7,9-11,13-19,23H2,1-2H3,(H,48,56)(H,49,54,55). The molecule has 308 valence electrons. The van der Waals surface area contributed by atoms with Crippen LogP contribution >= 0.6 is 0 Å². The minimum Gasteiger partial charge on any atom is -0.494 e. The zero-order chi connectivity index (χ0) is 41.1. The molecule has 2 saturated heterocycles. The summed E-state index contributed by atoms with van der Waals surface area (Å²) < 4.78 is 61.6. The number of nitrogens with zero attached hydrogens (tertiary/aromatic N) is 5. The van der Waals surface area contributed by atoms with Crippen LogP contribution in [0.1, 0.15) is 102 Å². The molecule has 1 atom stereocenters. The van der Waals surface area contributed by atoms with Crippen molar-refractivity contribution in [3.05, 3.63) is 83.1 Å². The Kier molecular flexibility index (Phi) is 12.1. The van der Waals surface area contributed by atoms with Gasteiger partial charge in [0.2, 0.25) is 11.8 Å². The summed E-state index contributed by atoms with van der Waals surface area (Å²) in [6.07, 6.45) is 4.44. The molecule has 1 aliphatic carbocycles. The Hall–Kier alpha value is -5.38. The van der Waals surface area contributed by atoms with Gasteiger partial charge in [0.05, 0.1) is 30.3 Å².